The number of benzene rings is 1. The molecule has 2 aromatic heterocycles. The van der Waals surface area contributed by atoms with Crippen LogP contribution >= 0.6 is 0 Å². The second kappa shape index (κ2) is 6.90. The quantitative estimate of drug-likeness (QED) is 0.622. The molecule has 0 aliphatic carbocycles. The van der Waals surface area contributed by atoms with Crippen LogP contribution in [0.5, 0.6) is 5.75 Å². The van der Waals surface area contributed by atoms with Crippen LogP contribution in [0.15, 0.2) is 36.7 Å². The van der Waals surface area contributed by atoms with Crippen LogP contribution in [-0.2, 0) is 6.18 Å². The maximum absolute atomic E-state index is 12.8. The van der Waals surface area contributed by atoms with Crippen LogP contribution in [0.3, 0.4) is 0 Å². The second-order valence-corrected chi connectivity index (χ2v) is 7.07. The smallest absolute Gasteiger partial charge is 0.416 e. The first-order valence-electron chi connectivity index (χ1n) is 8.48. The van der Waals surface area contributed by atoms with Crippen LogP contribution in [0.25, 0.3) is 22.0 Å². The van der Waals surface area contributed by atoms with Gasteiger partial charge >= 0.3 is 6.18 Å². The largest absolute Gasteiger partial charge is 0.507 e. The molecule has 148 valence electrons. The minimum Gasteiger partial charge on any atom is -0.507 e. The van der Waals surface area contributed by atoms with E-state index in [2.05, 4.69) is 20.5 Å². The third-order valence-corrected chi connectivity index (χ3v) is 4.57. The maximum Gasteiger partial charge on any atom is 0.416 e. The number of anilines is 1. The van der Waals surface area contributed by atoms with Gasteiger partial charge in [0.05, 0.1) is 17.2 Å². The topological polar surface area (TPSA) is 91.2 Å². The van der Waals surface area contributed by atoms with Crippen LogP contribution in [0, 0.1) is 0 Å². The van der Waals surface area contributed by atoms with Gasteiger partial charge in [-0.1, -0.05) is 0 Å². The molecule has 3 aromatic rings. The van der Waals surface area contributed by atoms with E-state index >= 15 is 0 Å². The molecule has 0 radical (unpaired) electrons. The van der Waals surface area contributed by atoms with Crippen molar-refractivity contribution in [1.82, 2.24) is 15.2 Å². The highest BCUT2D eigenvalue weighted by molar-refractivity contribution is 6.00. The Morgan fingerprint density at radius 1 is 1.07 bits per heavy atom. The van der Waals surface area contributed by atoms with Crippen molar-refractivity contribution >= 4 is 16.6 Å². The standard InChI is InChI=1S/C19H19F3N4O2/c1-10(18(2,3)28)24-17-14-9-23-7-6-12(14)16(25-26-17)13-5-4-11(8-15(13)27)19(20,21)22/h4-10,27-28H,1-3H3,(H,24,26). The fraction of sp³-hybridized carbons (Fsp3) is 0.316. The Hall–Kier alpha value is -2.94. The van der Waals surface area contributed by atoms with Crippen molar-refractivity contribution in [3.63, 3.8) is 0 Å². The molecule has 9 heteroatoms. The molecule has 0 aliphatic rings. The monoisotopic (exact) mass is 392 g/mol. The number of alkyl halides is 3. The van der Waals surface area contributed by atoms with Gasteiger partial charge in [0, 0.05) is 28.7 Å². The van der Waals surface area contributed by atoms with E-state index in [9.17, 15) is 23.4 Å². The molecular weight excluding hydrogens is 373 g/mol. The number of halogens is 3. The Labute approximate surface area is 159 Å². The molecule has 28 heavy (non-hydrogen) atoms. The normalized spacial score (nSPS) is 13.5. The summed E-state index contributed by atoms with van der Waals surface area (Å²) in [5, 5.41) is 32.7. The highest BCUT2D eigenvalue weighted by Crippen LogP contribution is 2.38. The molecule has 1 atom stereocenters. The zero-order valence-corrected chi connectivity index (χ0v) is 15.4. The Morgan fingerprint density at radius 3 is 2.39 bits per heavy atom. The van der Waals surface area contributed by atoms with Crippen molar-refractivity contribution in [1.29, 1.82) is 0 Å². The van der Waals surface area contributed by atoms with Gasteiger partial charge in [0.15, 0.2) is 5.82 Å². The number of aromatic hydroxyl groups is 1. The summed E-state index contributed by atoms with van der Waals surface area (Å²) in [5.74, 6) is -0.180. The van der Waals surface area contributed by atoms with E-state index in [1.165, 1.54) is 12.4 Å². The average Bonchev–Trinajstić information content (AvgIpc) is 2.60. The lowest BCUT2D eigenvalue weighted by Crippen LogP contribution is -2.39. The van der Waals surface area contributed by atoms with Gasteiger partial charge in [-0.05, 0) is 45.0 Å². The van der Waals surface area contributed by atoms with Crippen molar-refractivity contribution in [3.8, 4) is 17.0 Å². The fourth-order valence-electron chi connectivity index (χ4n) is 2.59. The summed E-state index contributed by atoms with van der Waals surface area (Å²) in [4.78, 5) is 4.07. The Kier molecular flexibility index (Phi) is 4.88. The summed E-state index contributed by atoms with van der Waals surface area (Å²) in [5.41, 5.74) is -1.63. The molecule has 0 spiro atoms. The summed E-state index contributed by atoms with van der Waals surface area (Å²) in [6.45, 7) is 5.07. The molecule has 3 N–H and O–H groups in total. The lowest BCUT2D eigenvalue weighted by atomic mass is 10.00. The third kappa shape index (κ3) is 3.84. The predicted octanol–water partition coefficient (Wildman–Crippen LogP) is 3.99. The minimum atomic E-state index is -4.56. The number of phenols is 1. The molecule has 1 unspecified atom stereocenters. The lowest BCUT2D eigenvalue weighted by Gasteiger charge is -2.27. The SMILES string of the molecule is CC(Nc1nnc(-c2ccc(C(F)(F)F)cc2O)c2ccncc12)C(C)(C)O. The number of hydrogen-bond acceptors (Lipinski definition) is 6. The number of nitrogens with one attached hydrogen (secondary N) is 1. The first-order valence-corrected chi connectivity index (χ1v) is 8.48. The molecule has 0 amide bonds. The number of nitrogens with zero attached hydrogens (tertiary/aromatic N) is 3. The summed E-state index contributed by atoms with van der Waals surface area (Å²) in [6.07, 6.45) is -1.51. The molecule has 0 aliphatic heterocycles. The Balaban J connectivity index is 2.11. The maximum atomic E-state index is 12.8. The van der Waals surface area contributed by atoms with E-state index in [-0.39, 0.29) is 17.3 Å². The Bertz CT molecular complexity index is 1020. The van der Waals surface area contributed by atoms with Crippen molar-refractivity contribution in [2.24, 2.45) is 0 Å². The van der Waals surface area contributed by atoms with Crippen molar-refractivity contribution in [3.05, 3.63) is 42.2 Å². The van der Waals surface area contributed by atoms with Crippen molar-refractivity contribution in [2.75, 3.05) is 5.32 Å². The molecule has 6 nitrogen and oxygen atoms in total. The zero-order valence-electron chi connectivity index (χ0n) is 15.4. The van der Waals surface area contributed by atoms with E-state index < -0.39 is 23.1 Å². The number of aromatic nitrogens is 3. The first kappa shape index (κ1) is 19.8. The van der Waals surface area contributed by atoms with Gasteiger partial charge in [-0.2, -0.15) is 13.2 Å². The van der Waals surface area contributed by atoms with Gasteiger partial charge < -0.3 is 15.5 Å². The molecule has 0 saturated heterocycles. The van der Waals surface area contributed by atoms with Crippen LogP contribution in [0.4, 0.5) is 19.0 Å². The van der Waals surface area contributed by atoms with E-state index in [0.717, 1.165) is 12.1 Å². The molecule has 0 bridgehead atoms. The lowest BCUT2D eigenvalue weighted by molar-refractivity contribution is -0.137. The number of pyridine rings is 1. The summed E-state index contributed by atoms with van der Waals surface area (Å²) < 4.78 is 38.5. The number of phenolic OH excluding ortho intramolecular Hbond substituents is 1. The number of rotatable bonds is 4. The van der Waals surface area contributed by atoms with E-state index in [1.807, 2.05) is 0 Å². The van der Waals surface area contributed by atoms with E-state index in [4.69, 9.17) is 0 Å². The minimum absolute atomic E-state index is 0.124. The van der Waals surface area contributed by atoms with Crippen LogP contribution in [0.2, 0.25) is 0 Å². The van der Waals surface area contributed by atoms with Gasteiger partial charge in [0.25, 0.3) is 0 Å². The average molecular weight is 392 g/mol. The molecule has 3 rings (SSSR count). The Morgan fingerprint density at radius 2 is 1.79 bits per heavy atom. The number of fused-ring (bicyclic) bond motifs is 1. The van der Waals surface area contributed by atoms with Gasteiger partial charge in [0.2, 0.25) is 0 Å². The molecule has 1 aromatic carbocycles. The van der Waals surface area contributed by atoms with E-state index in [1.54, 1.807) is 26.8 Å². The van der Waals surface area contributed by atoms with Crippen LogP contribution in [-0.4, -0.2) is 37.0 Å². The second-order valence-electron chi connectivity index (χ2n) is 7.07. The summed E-state index contributed by atoms with van der Waals surface area (Å²) in [7, 11) is 0. The highest BCUT2D eigenvalue weighted by atomic mass is 19.4. The van der Waals surface area contributed by atoms with Crippen LogP contribution in [0.1, 0.15) is 26.3 Å². The van der Waals surface area contributed by atoms with Gasteiger partial charge in [0.1, 0.15) is 11.4 Å². The zero-order chi connectivity index (χ0) is 20.7. The highest BCUT2D eigenvalue weighted by Gasteiger charge is 2.31. The summed E-state index contributed by atoms with van der Waals surface area (Å²) >= 11 is 0. The van der Waals surface area contributed by atoms with Gasteiger partial charge in [-0.25, -0.2) is 0 Å². The number of hydrogen-bond donors (Lipinski definition) is 3. The van der Waals surface area contributed by atoms with Gasteiger partial charge in [-0.15, -0.1) is 10.2 Å². The molecule has 0 saturated carbocycles. The number of aliphatic hydroxyl groups is 1. The van der Waals surface area contributed by atoms with E-state index in [0.29, 0.717) is 22.7 Å². The van der Waals surface area contributed by atoms with Gasteiger partial charge in [-0.3, -0.25) is 4.98 Å². The van der Waals surface area contributed by atoms with Crippen molar-refractivity contribution < 1.29 is 23.4 Å². The predicted molar refractivity (Wildman–Crippen MR) is 98.8 cm³/mol. The van der Waals surface area contributed by atoms with Crippen LogP contribution < -0.4 is 5.32 Å². The summed E-state index contributed by atoms with van der Waals surface area (Å²) in [6, 6.07) is 3.97. The fourth-order valence-corrected chi connectivity index (χ4v) is 2.59. The third-order valence-electron chi connectivity index (χ3n) is 4.57. The van der Waals surface area contributed by atoms with Crippen molar-refractivity contribution in [2.45, 2.75) is 38.6 Å². The molecular formula is C19H19F3N4O2. The molecule has 0 fully saturated rings. The first-order chi connectivity index (χ1) is 13.0. The molecule has 2 heterocycles.